The van der Waals surface area contributed by atoms with Crippen LogP contribution in [-0.4, -0.2) is 55.6 Å². The molecule has 0 aliphatic rings. The summed E-state index contributed by atoms with van der Waals surface area (Å²) in [6.07, 6.45) is 0.710. The van der Waals surface area contributed by atoms with Gasteiger partial charge in [-0.15, -0.1) is 0 Å². The zero-order valence-electron chi connectivity index (χ0n) is 18.2. The number of nitrogens with one attached hydrogen (secondary N) is 1. The molecule has 0 saturated heterocycles. The quantitative estimate of drug-likeness (QED) is 0.562. The summed E-state index contributed by atoms with van der Waals surface area (Å²) >= 11 is 5.82. The molecule has 0 aliphatic heterocycles. The number of amides is 2. The van der Waals surface area contributed by atoms with Gasteiger partial charge in [-0.3, -0.25) is 9.59 Å². The van der Waals surface area contributed by atoms with Gasteiger partial charge in [-0.25, -0.2) is 12.8 Å². The first-order valence-corrected chi connectivity index (χ1v) is 11.9. The second kappa shape index (κ2) is 11.4. The fraction of sp³-hybridized carbons (Fsp3) is 0.364. The van der Waals surface area contributed by atoms with Crippen molar-refractivity contribution in [2.24, 2.45) is 0 Å². The molecule has 0 bridgehead atoms. The molecule has 10 heteroatoms. The van der Waals surface area contributed by atoms with Crippen LogP contribution in [0.1, 0.15) is 25.8 Å². The monoisotopic (exact) mass is 483 g/mol. The van der Waals surface area contributed by atoms with E-state index >= 15 is 0 Å². The van der Waals surface area contributed by atoms with E-state index < -0.39 is 40.2 Å². The standard InChI is InChI=1S/C22H27ClFN3O4S/c1-4-13-25-22(29)16(2)27(14-17-7-5-6-8-20(17)24)21(28)15-26(3)32(30,31)19-11-9-18(23)10-12-19/h5-12,16H,4,13-15H2,1-3H3,(H,25,29)/t16-/m1/s1. The van der Waals surface area contributed by atoms with Crippen molar-refractivity contribution >= 4 is 33.4 Å². The van der Waals surface area contributed by atoms with Crippen LogP contribution in [-0.2, 0) is 26.2 Å². The van der Waals surface area contributed by atoms with E-state index in [1.165, 1.54) is 61.3 Å². The lowest BCUT2D eigenvalue weighted by molar-refractivity contribution is -0.140. The molecular formula is C22H27ClFN3O4S. The zero-order chi connectivity index (χ0) is 23.9. The molecule has 2 rings (SSSR count). The maximum absolute atomic E-state index is 14.2. The number of sulfonamides is 1. The van der Waals surface area contributed by atoms with Gasteiger partial charge in [0, 0.05) is 30.7 Å². The maximum atomic E-state index is 14.2. The highest BCUT2D eigenvalue weighted by Crippen LogP contribution is 2.19. The number of hydrogen-bond acceptors (Lipinski definition) is 4. The maximum Gasteiger partial charge on any atom is 0.243 e. The van der Waals surface area contributed by atoms with E-state index in [1.54, 1.807) is 6.07 Å². The van der Waals surface area contributed by atoms with Crippen molar-refractivity contribution in [1.29, 1.82) is 0 Å². The van der Waals surface area contributed by atoms with Gasteiger partial charge in [0.2, 0.25) is 21.8 Å². The summed E-state index contributed by atoms with van der Waals surface area (Å²) < 4.78 is 40.8. The number of benzene rings is 2. The van der Waals surface area contributed by atoms with Crippen LogP contribution in [0.3, 0.4) is 0 Å². The largest absolute Gasteiger partial charge is 0.354 e. The summed E-state index contributed by atoms with van der Waals surface area (Å²) in [5, 5.41) is 3.09. The number of carbonyl (C=O) groups excluding carboxylic acids is 2. The first-order valence-electron chi connectivity index (χ1n) is 10.1. The van der Waals surface area contributed by atoms with Crippen molar-refractivity contribution < 1.29 is 22.4 Å². The molecule has 0 fully saturated rings. The number of nitrogens with zero attached hydrogens (tertiary/aromatic N) is 2. The zero-order valence-corrected chi connectivity index (χ0v) is 19.8. The molecule has 1 atom stereocenters. The Bertz CT molecular complexity index is 1050. The highest BCUT2D eigenvalue weighted by molar-refractivity contribution is 7.89. The molecule has 7 nitrogen and oxygen atoms in total. The van der Waals surface area contributed by atoms with Gasteiger partial charge in [0.05, 0.1) is 11.4 Å². The minimum absolute atomic E-state index is 0.0217. The van der Waals surface area contributed by atoms with Crippen LogP contribution < -0.4 is 5.32 Å². The van der Waals surface area contributed by atoms with E-state index in [9.17, 15) is 22.4 Å². The van der Waals surface area contributed by atoms with Crippen LogP contribution >= 0.6 is 11.6 Å². The molecule has 0 aromatic heterocycles. The number of rotatable bonds is 10. The SMILES string of the molecule is CCCNC(=O)[C@@H](C)N(Cc1ccccc1F)C(=O)CN(C)S(=O)(=O)c1ccc(Cl)cc1. The van der Waals surface area contributed by atoms with Crippen LogP contribution in [0.25, 0.3) is 0 Å². The first-order chi connectivity index (χ1) is 15.1. The Balaban J connectivity index is 2.27. The minimum atomic E-state index is -3.97. The van der Waals surface area contributed by atoms with Gasteiger partial charge in [-0.05, 0) is 43.7 Å². The van der Waals surface area contributed by atoms with Crippen molar-refractivity contribution in [1.82, 2.24) is 14.5 Å². The summed E-state index contributed by atoms with van der Waals surface area (Å²) in [5.74, 6) is -1.55. The minimum Gasteiger partial charge on any atom is -0.354 e. The Morgan fingerprint density at radius 1 is 1.12 bits per heavy atom. The fourth-order valence-corrected chi connectivity index (χ4v) is 4.19. The third-order valence-corrected chi connectivity index (χ3v) is 6.96. The molecule has 0 saturated carbocycles. The van der Waals surface area contributed by atoms with E-state index in [0.29, 0.717) is 18.0 Å². The van der Waals surface area contributed by atoms with E-state index in [-0.39, 0.29) is 17.0 Å². The molecule has 0 aliphatic carbocycles. The number of carbonyl (C=O) groups is 2. The van der Waals surface area contributed by atoms with Gasteiger partial charge in [0.25, 0.3) is 0 Å². The fourth-order valence-electron chi connectivity index (χ4n) is 2.94. The van der Waals surface area contributed by atoms with Crippen molar-refractivity contribution in [3.63, 3.8) is 0 Å². The van der Waals surface area contributed by atoms with Crippen LogP contribution in [0.4, 0.5) is 4.39 Å². The first kappa shape index (κ1) is 25.8. The molecule has 0 unspecified atom stereocenters. The van der Waals surface area contributed by atoms with Gasteiger partial charge in [-0.2, -0.15) is 4.31 Å². The van der Waals surface area contributed by atoms with E-state index in [1.807, 2.05) is 6.92 Å². The molecule has 174 valence electrons. The van der Waals surface area contributed by atoms with Gasteiger partial charge in [0.1, 0.15) is 11.9 Å². The topological polar surface area (TPSA) is 86.8 Å². The Kier molecular flexibility index (Phi) is 9.18. The Morgan fingerprint density at radius 2 is 1.75 bits per heavy atom. The number of hydrogen-bond donors (Lipinski definition) is 1. The van der Waals surface area contributed by atoms with Gasteiger partial charge < -0.3 is 10.2 Å². The predicted octanol–water partition coefficient (Wildman–Crippen LogP) is 3.04. The number of likely N-dealkylation sites (N-methyl/N-ethyl adjacent to an activating group) is 1. The second-order valence-corrected chi connectivity index (χ2v) is 9.78. The van der Waals surface area contributed by atoms with E-state index in [2.05, 4.69) is 5.32 Å². The van der Waals surface area contributed by atoms with Crippen LogP contribution in [0.2, 0.25) is 5.02 Å². The van der Waals surface area contributed by atoms with Crippen molar-refractivity contribution in [2.45, 2.75) is 37.8 Å². The average Bonchev–Trinajstić information content (AvgIpc) is 2.76. The normalized spacial score (nSPS) is 12.4. The lowest BCUT2D eigenvalue weighted by Gasteiger charge is -2.30. The summed E-state index contributed by atoms with van der Waals surface area (Å²) in [6, 6.07) is 10.6. The molecule has 32 heavy (non-hydrogen) atoms. The van der Waals surface area contributed by atoms with Gasteiger partial charge in [0.15, 0.2) is 0 Å². The van der Waals surface area contributed by atoms with Crippen molar-refractivity contribution in [3.8, 4) is 0 Å². The Morgan fingerprint density at radius 3 is 2.34 bits per heavy atom. The summed E-state index contributed by atoms with van der Waals surface area (Å²) in [5.41, 5.74) is 0.221. The molecule has 2 aromatic carbocycles. The second-order valence-electron chi connectivity index (χ2n) is 7.30. The van der Waals surface area contributed by atoms with Crippen LogP contribution in [0, 0.1) is 5.82 Å². The highest BCUT2D eigenvalue weighted by Gasteiger charge is 2.30. The van der Waals surface area contributed by atoms with Crippen molar-refractivity contribution in [3.05, 3.63) is 64.9 Å². The number of halogens is 2. The van der Waals surface area contributed by atoms with E-state index in [4.69, 9.17) is 11.6 Å². The van der Waals surface area contributed by atoms with E-state index in [0.717, 1.165) is 4.31 Å². The average molecular weight is 484 g/mol. The summed E-state index contributed by atoms with van der Waals surface area (Å²) in [6.45, 7) is 3.14. The Labute approximate surface area is 193 Å². The molecule has 2 amide bonds. The smallest absolute Gasteiger partial charge is 0.243 e. The molecule has 0 radical (unpaired) electrons. The molecule has 0 spiro atoms. The summed E-state index contributed by atoms with van der Waals surface area (Å²) in [7, 11) is -2.70. The third kappa shape index (κ3) is 6.51. The Hall–Kier alpha value is -2.49. The lowest BCUT2D eigenvalue weighted by Crippen LogP contribution is -2.50. The van der Waals surface area contributed by atoms with Crippen molar-refractivity contribution in [2.75, 3.05) is 20.1 Å². The van der Waals surface area contributed by atoms with Gasteiger partial charge >= 0.3 is 0 Å². The molecule has 1 N–H and O–H groups in total. The van der Waals surface area contributed by atoms with Gasteiger partial charge in [-0.1, -0.05) is 36.7 Å². The summed E-state index contributed by atoms with van der Waals surface area (Å²) in [4.78, 5) is 26.8. The highest BCUT2D eigenvalue weighted by atomic mass is 35.5. The lowest BCUT2D eigenvalue weighted by atomic mass is 10.1. The van der Waals surface area contributed by atoms with Crippen LogP contribution in [0.15, 0.2) is 53.4 Å². The predicted molar refractivity (Wildman–Crippen MR) is 121 cm³/mol. The third-order valence-electron chi connectivity index (χ3n) is 4.89. The molecule has 0 heterocycles. The van der Waals surface area contributed by atoms with Crippen LogP contribution in [0.5, 0.6) is 0 Å². The molecule has 2 aromatic rings. The molecular weight excluding hydrogens is 457 g/mol.